The normalized spacial score (nSPS) is 11.2. The molecule has 34 heavy (non-hydrogen) atoms. The first-order valence-electron chi connectivity index (χ1n) is 10.4. The lowest BCUT2D eigenvalue weighted by atomic mass is 10.1. The number of H-pyrrole nitrogens is 1. The molecule has 0 radical (unpaired) electrons. The molecule has 0 saturated heterocycles. The molecule has 0 aliphatic rings. The zero-order valence-corrected chi connectivity index (χ0v) is 19.3. The maximum atomic E-state index is 13.3. The molecule has 0 atom stereocenters. The third-order valence-corrected chi connectivity index (χ3v) is 5.39. The highest BCUT2D eigenvalue weighted by Gasteiger charge is 2.18. The molecule has 0 aliphatic heterocycles. The maximum absolute atomic E-state index is 13.3. The van der Waals surface area contributed by atoms with Crippen LogP contribution in [0.1, 0.15) is 15.9 Å². The van der Waals surface area contributed by atoms with Crippen molar-refractivity contribution in [2.24, 2.45) is 0 Å². The Kier molecular flexibility index (Phi) is 6.85. The van der Waals surface area contributed by atoms with Gasteiger partial charge in [0.1, 0.15) is 17.2 Å². The number of benzene rings is 3. The van der Waals surface area contributed by atoms with Crippen LogP contribution in [0.15, 0.2) is 78.6 Å². The topological polar surface area (TPSA) is 92.5 Å². The largest absolute Gasteiger partial charge is 0.497 e. The van der Waals surface area contributed by atoms with Gasteiger partial charge < -0.3 is 25.1 Å². The van der Waals surface area contributed by atoms with Crippen LogP contribution in [-0.4, -0.2) is 31.0 Å². The lowest BCUT2D eigenvalue weighted by Crippen LogP contribution is -2.30. The lowest BCUT2D eigenvalue weighted by molar-refractivity contribution is -0.113. The Morgan fingerprint density at radius 1 is 0.971 bits per heavy atom. The molecule has 8 heteroatoms. The van der Waals surface area contributed by atoms with Crippen LogP contribution in [0.4, 0.5) is 5.69 Å². The fourth-order valence-corrected chi connectivity index (χ4v) is 3.61. The van der Waals surface area contributed by atoms with Crippen molar-refractivity contribution < 1.29 is 19.1 Å². The highest BCUT2D eigenvalue weighted by molar-refractivity contribution is 6.31. The van der Waals surface area contributed by atoms with Gasteiger partial charge in [0.15, 0.2) is 0 Å². The fraction of sp³-hybridized carbons (Fsp3) is 0.0769. The van der Waals surface area contributed by atoms with E-state index in [2.05, 4.69) is 15.6 Å². The van der Waals surface area contributed by atoms with Gasteiger partial charge in [-0.1, -0.05) is 29.8 Å². The average molecular weight is 476 g/mol. The Morgan fingerprint density at radius 3 is 2.50 bits per heavy atom. The molecular formula is C26H22ClN3O4. The number of amides is 2. The molecule has 4 aromatic rings. The molecule has 2 amide bonds. The van der Waals surface area contributed by atoms with Crippen molar-refractivity contribution >= 4 is 46.1 Å². The van der Waals surface area contributed by atoms with Crippen LogP contribution >= 0.6 is 11.6 Å². The van der Waals surface area contributed by atoms with Crippen LogP contribution in [0.3, 0.4) is 0 Å². The van der Waals surface area contributed by atoms with Gasteiger partial charge in [0.05, 0.1) is 19.9 Å². The molecule has 3 N–H and O–H groups in total. The van der Waals surface area contributed by atoms with E-state index in [0.29, 0.717) is 33.3 Å². The fourth-order valence-electron chi connectivity index (χ4n) is 3.43. The highest BCUT2D eigenvalue weighted by atomic mass is 35.5. The first-order valence-corrected chi connectivity index (χ1v) is 10.7. The van der Waals surface area contributed by atoms with E-state index in [9.17, 15) is 9.59 Å². The summed E-state index contributed by atoms with van der Waals surface area (Å²) < 4.78 is 10.6. The summed E-state index contributed by atoms with van der Waals surface area (Å²) in [5, 5.41) is 6.77. The minimum absolute atomic E-state index is 0.0413. The zero-order valence-electron chi connectivity index (χ0n) is 18.5. The first kappa shape index (κ1) is 22.9. The Balaban J connectivity index is 1.73. The van der Waals surface area contributed by atoms with Crippen molar-refractivity contribution in [3.8, 4) is 11.5 Å². The number of halogens is 1. The van der Waals surface area contributed by atoms with E-state index in [1.807, 2.05) is 24.3 Å². The maximum Gasteiger partial charge on any atom is 0.272 e. The average Bonchev–Trinajstić information content (AvgIpc) is 3.26. The van der Waals surface area contributed by atoms with Crippen LogP contribution in [-0.2, 0) is 4.79 Å². The second-order valence-electron chi connectivity index (χ2n) is 7.33. The molecule has 1 aromatic heterocycles. The smallest absolute Gasteiger partial charge is 0.272 e. The lowest BCUT2D eigenvalue weighted by Gasteiger charge is -2.14. The van der Waals surface area contributed by atoms with E-state index >= 15 is 0 Å². The van der Waals surface area contributed by atoms with Crippen molar-refractivity contribution in [1.29, 1.82) is 0 Å². The van der Waals surface area contributed by atoms with Gasteiger partial charge >= 0.3 is 0 Å². The number of nitrogens with one attached hydrogen (secondary N) is 3. The van der Waals surface area contributed by atoms with E-state index in [1.165, 1.54) is 7.11 Å². The second-order valence-corrected chi connectivity index (χ2v) is 7.77. The molecule has 7 nitrogen and oxygen atoms in total. The predicted octanol–water partition coefficient (Wildman–Crippen LogP) is 5.25. The van der Waals surface area contributed by atoms with Crippen molar-refractivity contribution in [1.82, 2.24) is 10.3 Å². The van der Waals surface area contributed by atoms with Crippen molar-refractivity contribution in [2.75, 3.05) is 19.5 Å². The first-order chi connectivity index (χ1) is 16.5. The van der Waals surface area contributed by atoms with E-state index in [4.69, 9.17) is 21.1 Å². The number of hydrogen-bond donors (Lipinski definition) is 3. The van der Waals surface area contributed by atoms with Gasteiger partial charge in [-0.25, -0.2) is 0 Å². The van der Waals surface area contributed by atoms with Crippen molar-refractivity contribution in [2.45, 2.75) is 0 Å². The molecule has 0 spiro atoms. The summed E-state index contributed by atoms with van der Waals surface area (Å²) in [4.78, 5) is 29.4. The van der Waals surface area contributed by atoms with E-state index in [0.717, 1.165) is 10.9 Å². The Bertz CT molecular complexity index is 1380. The monoisotopic (exact) mass is 475 g/mol. The van der Waals surface area contributed by atoms with Crippen LogP contribution in [0.2, 0.25) is 5.02 Å². The summed E-state index contributed by atoms with van der Waals surface area (Å²) in [7, 11) is 3.08. The number of aromatic amines is 1. The summed E-state index contributed by atoms with van der Waals surface area (Å²) in [5.41, 5.74) is 2.39. The van der Waals surface area contributed by atoms with Gasteiger partial charge in [-0.2, -0.15) is 0 Å². The van der Waals surface area contributed by atoms with Crippen LogP contribution in [0.25, 0.3) is 17.0 Å². The number of carbonyl (C=O) groups is 2. The molecule has 172 valence electrons. The minimum Gasteiger partial charge on any atom is -0.497 e. The van der Waals surface area contributed by atoms with Crippen LogP contribution in [0, 0.1) is 0 Å². The molecule has 1 heterocycles. The van der Waals surface area contributed by atoms with Crippen molar-refractivity contribution in [3.63, 3.8) is 0 Å². The quantitative estimate of drug-likeness (QED) is 0.318. The molecule has 0 fully saturated rings. The second kappa shape index (κ2) is 10.1. The number of carbonyl (C=O) groups excluding carboxylic acids is 2. The van der Waals surface area contributed by atoms with Gasteiger partial charge in [-0.15, -0.1) is 0 Å². The number of anilines is 1. The molecule has 0 unspecified atom stereocenters. The van der Waals surface area contributed by atoms with Gasteiger partial charge in [-0.3, -0.25) is 9.59 Å². The van der Waals surface area contributed by atoms with Gasteiger partial charge in [0.25, 0.3) is 11.8 Å². The summed E-state index contributed by atoms with van der Waals surface area (Å²) in [6.45, 7) is 0. The Hall–Kier alpha value is -4.23. The molecule has 4 rings (SSSR count). The molecular weight excluding hydrogens is 454 g/mol. The Morgan fingerprint density at radius 2 is 1.76 bits per heavy atom. The number of hydrogen-bond acceptors (Lipinski definition) is 4. The number of methoxy groups -OCH3 is 2. The number of ether oxygens (including phenoxy) is 2. The molecule has 3 aromatic carbocycles. The summed E-state index contributed by atoms with van der Waals surface area (Å²) in [6, 6.07) is 19.1. The SMILES string of the molecule is COc1ccc2[nH]cc(/C=C(/NC(=O)c3ccccc3)C(=O)Nc3cc(Cl)ccc3OC)c2c1. The van der Waals surface area contributed by atoms with Crippen LogP contribution in [0.5, 0.6) is 11.5 Å². The number of rotatable bonds is 7. The van der Waals surface area contributed by atoms with Gasteiger partial charge in [0, 0.05) is 33.2 Å². The standard InChI is InChI=1S/C26H22ClN3O4/c1-33-19-9-10-21-20(14-19)17(15-28-21)12-23(30-25(31)16-6-4-3-5-7-16)26(32)29-22-13-18(27)8-11-24(22)34-2/h3-15,28H,1-2H3,(H,29,32)(H,30,31)/b23-12+. The molecule has 0 bridgehead atoms. The van der Waals surface area contributed by atoms with Crippen LogP contribution < -0.4 is 20.1 Å². The zero-order chi connectivity index (χ0) is 24.1. The predicted molar refractivity (Wildman–Crippen MR) is 133 cm³/mol. The molecule has 0 saturated carbocycles. The van der Waals surface area contributed by atoms with Gasteiger partial charge in [-0.05, 0) is 54.6 Å². The minimum atomic E-state index is -0.540. The molecule has 0 aliphatic carbocycles. The summed E-state index contributed by atoms with van der Waals surface area (Å²) in [6.07, 6.45) is 3.36. The number of fused-ring (bicyclic) bond motifs is 1. The van der Waals surface area contributed by atoms with E-state index < -0.39 is 11.8 Å². The Labute approximate surface area is 201 Å². The van der Waals surface area contributed by atoms with E-state index in [1.54, 1.807) is 61.8 Å². The third-order valence-electron chi connectivity index (χ3n) is 5.16. The third kappa shape index (κ3) is 5.05. The number of aromatic nitrogens is 1. The summed E-state index contributed by atoms with van der Waals surface area (Å²) >= 11 is 6.10. The highest BCUT2D eigenvalue weighted by Crippen LogP contribution is 2.29. The van der Waals surface area contributed by atoms with Gasteiger partial charge in [0.2, 0.25) is 0 Å². The summed E-state index contributed by atoms with van der Waals surface area (Å²) in [5.74, 6) is 0.146. The van der Waals surface area contributed by atoms with Crippen molar-refractivity contribution in [3.05, 3.63) is 94.8 Å². The van der Waals surface area contributed by atoms with E-state index in [-0.39, 0.29) is 5.70 Å².